The van der Waals surface area contributed by atoms with Crippen LogP contribution >= 0.6 is 0 Å². The third-order valence-corrected chi connectivity index (χ3v) is 15.2. The summed E-state index contributed by atoms with van der Waals surface area (Å²) >= 11 is 0.157. The predicted molar refractivity (Wildman–Crippen MR) is 272 cm³/mol. The fourth-order valence-corrected chi connectivity index (χ4v) is 12.3. The van der Waals surface area contributed by atoms with Gasteiger partial charge in [-0.15, -0.1) is 0 Å². The summed E-state index contributed by atoms with van der Waals surface area (Å²) < 4.78 is 2.83. The van der Waals surface area contributed by atoms with E-state index in [9.17, 15) is 0 Å². The predicted octanol–water partition coefficient (Wildman–Crippen LogP) is 15.2. The zero-order chi connectivity index (χ0) is 42.8. The Hall–Kier alpha value is -8.08. The van der Waals surface area contributed by atoms with Crippen molar-refractivity contribution in [3.8, 4) is 67.5 Å². The van der Waals surface area contributed by atoms with Crippen molar-refractivity contribution in [2.75, 3.05) is 0 Å². The number of pyridine rings is 1. The van der Waals surface area contributed by atoms with Crippen molar-refractivity contribution in [2.45, 2.75) is 0 Å². The topological polar surface area (TPSA) is 51.6 Å². The van der Waals surface area contributed by atoms with E-state index < -0.39 is 0 Å². The van der Waals surface area contributed by atoms with Crippen molar-refractivity contribution in [3.63, 3.8) is 0 Å². The molecule has 10 aromatic carbocycles. The van der Waals surface area contributed by atoms with Crippen molar-refractivity contribution in [2.24, 2.45) is 0 Å². The van der Waals surface area contributed by atoms with E-state index in [2.05, 4.69) is 169 Å². The van der Waals surface area contributed by atoms with E-state index in [0.29, 0.717) is 17.5 Å². The van der Waals surface area contributed by atoms with Crippen LogP contribution in [0.15, 0.2) is 219 Å². The Balaban J connectivity index is 0.996. The number of hydrogen-bond acceptors (Lipinski definition) is 4. The molecule has 302 valence electrons. The van der Waals surface area contributed by atoms with Crippen LogP contribution in [0.4, 0.5) is 0 Å². The van der Waals surface area contributed by atoms with Gasteiger partial charge in [0.1, 0.15) is 0 Å². The molecule has 65 heavy (non-hydrogen) atoms. The molecule has 0 radical (unpaired) electrons. The van der Waals surface area contributed by atoms with E-state index in [-0.39, 0.29) is 14.5 Å². The third kappa shape index (κ3) is 6.20. The minimum atomic E-state index is 0.157. The average molecular weight is 892 g/mol. The molecule has 13 rings (SSSR count). The Kier molecular flexibility index (Phi) is 8.83. The van der Waals surface area contributed by atoms with Gasteiger partial charge in [-0.25, -0.2) is 0 Å². The molecular formula is C60H36N4Se. The van der Waals surface area contributed by atoms with Crippen molar-refractivity contribution in [1.29, 1.82) is 0 Å². The fourth-order valence-electron chi connectivity index (χ4n) is 9.95. The normalized spacial score (nSPS) is 11.7. The van der Waals surface area contributed by atoms with E-state index in [4.69, 9.17) is 15.0 Å². The number of fused-ring (bicyclic) bond motifs is 7. The molecule has 0 aliphatic heterocycles. The van der Waals surface area contributed by atoms with Crippen LogP contribution in [-0.2, 0) is 0 Å². The largest absolute Gasteiger partial charge is 0.0615 e. The maximum Gasteiger partial charge on any atom is -0.0512 e. The van der Waals surface area contributed by atoms with E-state index in [0.717, 1.165) is 38.2 Å². The fraction of sp³-hybridized carbons (Fsp3) is 0. The number of rotatable bonds is 6. The molecular weight excluding hydrogens is 856 g/mol. The van der Waals surface area contributed by atoms with Gasteiger partial charge >= 0.3 is 323 Å². The smallest absolute Gasteiger partial charge is 0.0512 e. The SMILES string of the molecule is c1ccc(-c2nc(-c3cccnc3)nc(-c3c4ccccc4c(-c4ccc5[se]c6cc(-c7c8ccccc8c(-c8ccccc8)c8ccccc78)ccc6c5c4)c4ccccc34)n2)cc1. The van der Waals surface area contributed by atoms with Crippen LogP contribution in [0.3, 0.4) is 0 Å². The first-order valence-electron chi connectivity index (χ1n) is 21.9. The molecule has 0 aliphatic rings. The van der Waals surface area contributed by atoms with E-state index in [1.165, 1.54) is 74.2 Å². The van der Waals surface area contributed by atoms with Crippen molar-refractivity contribution >= 4 is 76.9 Å². The number of nitrogens with zero attached hydrogens (tertiary/aromatic N) is 4. The molecule has 3 heterocycles. The number of benzene rings is 10. The molecule has 0 unspecified atom stereocenters. The summed E-state index contributed by atoms with van der Waals surface area (Å²) in [7, 11) is 0. The van der Waals surface area contributed by atoms with Crippen molar-refractivity contribution < 1.29 is 0 Å². The van der Waals surface area contributed by atoms with Gasteiger partial charge in [0.2, 0.25) is 0 Å². The summed E-state index contributed by atoms with van der Waals surface area (Å²) in [4.78, 5) is 19.8. The van der Waals surface area contributed by atoms with Gasteiger partial charge in [-0.05, 0) is 12.1 Å². The molecule has 0 saturated carbocycles. The molecule has 0 N–H and O–H groups in total. The summed E-state index contributed by atoms with van der Waals surface area (Å²) in [6.45, 7) is 0. The maximum absolute atomic E-state index is 5.21. The van der Waals surface area contributed by atoms with Gasteiger partial charge in [0.15, 0.2) is 0 Å². The van der Waals surface area contributed by atoms with Crippen molar-refractivity contribution in [1.82, 2.24) is 19.9 Å². The van der Waals surface area contributed by atoms with Gasteiger partial charge in [-0.3, -0.25) is 4.98 Å². The molecule has 0 spiro atoms. The van der Waals surface area contributed by atoms with E-state index in [1.54, 1.807) is 6.20 Å². The van der Waals surface area contributed by atoms with Crippen LogP contribution in [0.2, 0.25) is 0 Å². The summed E-state index contributed by atoms with van der Waals surface area (Å²) in [5.41, 5.74) is 10.3. The maximum atomic E-state index is 5.21. The van der Waals surface area contributed by atoms with Gasteiger partial charge in [0, 0.05) is 12.4 Å². The van der Waals surface area contributed by atoms with Gasteiger partial charge in [-0.2, -0.15) is 0 Å². The van der Waals surface area contributed by atoms with Gasteiger partial charge in [-0.1, -0.05) is 30.3 Å². The molecule has 0 fully saturated rings. The summed E-state index contributed by atoms with van der Waals surface area (Å²) in [5, 5.41) is 12.2. The van der Waals surface area contributed by atoms with Gasteiger partial charge < -0.3 is 0 Å². The summed E-state index contributed by atoms with van der Waals surface area (Å²) in [5.74, 6) is 1.85. The van der Waals surface area contributed by atoms with Crippen LogP contribution in [0.25, 0.3) is 130 Å². The molecule has 13 aromatic rings. The van der Waals surface area contributed by atoms with Gasteiger partial charge in [0.25, 0.3) is 0 Å². The average Bonchev–Trinajstić information content (AvgIpc) is 3.75. The summed E-state index contributed by atoms with van der Waals surface area (Å²) in [6, 6.07) is 74.5. The Morgan fingerprint density at radius 3 is 1.23 bits per heavy atom. The molecule has 5 heteroatoms. The van der Waals surface area contributed by atoms with E-state index >= 15 is 0 Å². The minimum Gasteiger partial charge on any atom is -0.0615 e. The van der Waals surface area contributed by atoms with Crippen LogP contribution in [0.5, 0.6) is 0 Å². The monoisotopic (exact) mass is 892 g/mol. The van der Waals surface area contributed by atoms with Gasteiger partial charge in [0.05, 0.1) is 0 Å². The van der Waals surface area contributed by atoms with Crippen molar-refractivity contribution in [3.05, 3.63) is 219 Å². The molecule has 3 aromatic heterocycles. The molecule has 0 amide bonds. The first-order valence-corrected chi connectivity index (χ1v) is 23.6. The Bertz CT molecular complexity index is 3820. The van der Waals surface area contributed by atoms with Crippen LogP contribution in [0, 0.1) is 0 Å². The second-order valence-electron chi connectivity index (χ2n) is 16.5. The molecule has 0 bridgehead atoms. The van der Waals surface area contributed by atoms with Crippen LogP contribution in [-0.4, -0.2) is 34.4 Å². The molecule has 4 nitrogen and oxygen atoms in total. The second kappa shape index (κ2) is 15.3. The number of aromatic nitrogens is 4. The quantitative estimate of drug-likeness (QED) is 0.123. The number of hydrogen-bond donors (Lipinski definition) is 0. The van der Waals surface area contributed by atoms with E-state index in [1.807, 2.05) is 48.7 Å². The zero-order valence-electron chi connectivity index (χ0n) is 35.0. The Morgan fingerprint density at radius 1 is 0.262 bits per heavy atom. The zero-order valence-corrected chi connectivity index (χ0v) is 36.7. The Labute approximate surface area is 380 Å². The second-order valence-corrected chi connectivity index (χ2v) is 18.8. The third-order valence-electron chi connectivity index (χ3n) is 12.8. The first-order chi connectivity index (χ1) is 32.2. The first kappa shape index (κ1) is 37.5. The molecule has 0 atom stereocenters. The molecule has 0 aliphatic carbocycles. The molecule has 0 saturated heterocycles. The Morgan fingerprint density at radius 2 is 0.692 bits per heavy atom. The minimum absolute atomic E-state index is 0.157. The standard InChI is InChI=1S/C60H36N4Se/c1-3-16-37(17-4-1)54-43-21-7-9-23-45(43)56(46-24-10-8-22-44(46)54)40-29-31-42-51-34-39(30-32-52(51)65-53(42)35-40)55-47-25-11-13-27-49(47)57(50-28-14-12-26-48(50)55)60-63-58(38-18-5-2-6-19-38)62-59(64-60)41-20-15-33-61-36-41/h1-36H. The summed E-state index contributed by atoms with van der Waals surface area (Å²) in [6.07, 6.45) is 3.59. The van der Waals surface area contributed by atoms with Crippen LogP contribution in [0.1, 0.15) is 0 Å². The van der Waals surface area contributed by atoms with Crippen LogP contribution < -0.4 is 0 Å².